The molecule has 0 heterocycles. The van der Waals surface area contributed by atoms with Crippen LogP contribution in [0.1, 0.15) is 18.4 Å². The van der Waals surface area contributed by atoms with Gasteiger partial charge in [-0.05, 0) is 50.7 Å². The van der Waals surface area contributed by atoms with Crippen molar-refractivity contribution in [2.75, 3.05) is 27.2 Å². The Morgan fingerprint density at radius 2 is 2.00 bits per heavy atom. The van der Waals surface area contributed by atoms with Gasteiger partial charge in [0.2, 0.25) is 0 Å². The summed E-state index contributed by atoms with van der Waals surface area (Å²) in [6.07, 6.45) is 2.39. The molecule has 0 aromatic heterocycles. The summed E-state index contributed by atoms with van der Waals surface area (Å²) in [6.45, 7) is 2.96. The molecular weight excluding hydrogens is 236 g/mol. The first-order chi connectivity index (χ1) is 8.27. The van der Waals surface area contributed by atoms with Gasteiger partial charge in [0.1, 0.15) is 5.75 Å². The molecule has 0 spiro atoms. The Hall–Kier alpha value is -0.770. The van der Waals surface area contributed by atoms with E-state index in [9.17, 15) is 0 Å². The topological polar surface area (TPSA) is 33.3 Å². The zero-order valence-electron chi connectivity index (χ0n) is 10.6. The molecule has 0 fully saturated rings. The quantitative estimate of drug-likeness (QED) is 0.701. The van der Waals surface area contributed by atoms with Gasteiger partial charge in [0.15, 0.2) is 0 Å². The van der Waals surface area contributed by atoms with Crippen LogP contribution in [0.4, 0.5) is 0 Å². The van der Waals surface area contributed by atoms with Gasteiger partial charge in [-0.1, -0.05) is 17.7 Å². The third-order valence-electron chi connectivity index (χ3n) is 2.58. The fourth-order valence-corrected chi connectivity index (χ4v) is 1.88. The van der Waals surface area contributed by atoms with Crippen LogP contribution in [0.5, 0.6) is 5.75 Å². The fourth-order valence-electron chi connectivity index (χ4n) is 1.60. The molecule has 3 nitrogen and oxygen atoms in total. The molecular formula is C13H21ClN2O. The summed E-state index contributed by atoms with van der Waals surface area (Å²) in [5, 5.41) is 7.20. The summed E-state index contributed by atoms with van der Waals surface area (Å²) in [7, 11) is 3.60. The van der Waals surface area contributed by atoms with E-state index in [1.807, 2.05) is 25.2 Å². The van der Waals surface area contributed by atoms with E-state index in [0.717, 1.165) is 25.4 Å². The summed E-state index contributed by atoms with van der Waals surface area (Å²) >= 11 is 6.05. The molecule has 96 valence electrons. The van der Waals surface area contributed by atoms with Gasteiger partial charge in [-0.25, -0.2) is 0 Å². The first-order valence-electron chi connectivity index (χ1n) is 5.95. The minimum absolute atomic E-state index is 0.669. The predicted molar refractivity (Wildman–Crippen MR) is 72.9 cm³/mol. The highest BCUT2D eigenvalue weighted by Gasteiger charge is 2.01. The van der Waals surface area contributed by atoms with Crippen LogP contribution in [0, 0.1) is 0 Å². The van der Waals surface area contributed by atoms with Gasteiger partial charge >= 0.3 is 0 Å². The second kappa shape index (κ2) is 8.34. The molecule has 0 amide bonds. The second-order valence-electron chi connectivity index (χ2n) is 3.96. The number of unbranched alkanes of at least 4 members (excludes halogenated alkanes) is 1. The number of hydrogen-bond acceptors (Lipinski definition) is 3. The lowest BCUT2D eigenvalue weighted by molar-refractivity contribution is 0.415. The number of methoxy groups -OCH3 is 1. The Bertz CT molecular complexity index is 331. The van der Waals surface area contributed by atoms with E-state index >= 15 is 0 Å². The van der Waals surface area contributed by atoms with Crippen molar-refractivity contribution < 1.29 is 4.74 Å². The zero-order chi connectivity index (χ0) is 12.5. The van der Waals surface area contributed by atoms with Gasteiger partial charge in [-0.3, -0.25) is 0 Å². The molecule has 2 N–H and O–H groups in total. The Kier molecular flexibility index (Phi) is 7.01. The Balaban J connectivity index is 2.25. The van der Waals surface area contributed by atoms with Crippen molar-refractivity contribution in [3.63, 3.8) is 0 Å². The van der Waals surface area contributed by atoms with E-state index in [-0.39, 0.29) is 0 Å². The average molecular weight is 257 g/mol. The number of halogens is 1. The lowest BCUT2D eigenvalue weighted by Gasteiger charge is -2.07. The maximum atomic E-state index is 6.05. The highest BCUT2D eigenvalue weighted by atomic mass is 35.5. The van der Waals surface area contributed by atoms with Crippen molar-refractivity contribution in [1.29, 1.82) is 0 Å². The molecule has 0 aliphatic heterocycles. The summed E-state index contributed by atoms with van der Waals surface area (Å²) in [4.78, 5) is 0. The number of nitrogens with one attached hydrogen (secondary N) is 2. The Morgan fingerprint density at radius 1 is 1.24 bits per heavy atom. The minimum Gasteiger partial charge on any atom is -0.495 e. The normalized spacial score (nSPS) is 10.5. The fraction of sp³-hybridized carbons (Fsp3) is 0.538. The standard InChI is InChI=1S/C13H21ClN2O/c1-15-7-3-4-8-16-10-11-5-6-13(17-2)12(14)9-11/h5-6,9,15-16H,3-4,7-8,10H2,1-2H3. The van der Waals surface area contributed by atoms with Crippen LogP contribution in [-0.4, -0.2) is 27.2 Å². The molecule has 0 bridgehead atoms. The van der Waals surface area contributed by atoms with Gasteiger partial charge in [0.05, 0.1) is 12.1 Å². The van der Waals surface area contributed by atoms with Crippen molar-refractivity contribution in [2.45, 2.75) is 19.4 Å². The van der Waals surface area contributed by atoms with Gasteiger partial charge in [0.25, 0.3) is 0 Å². The SMILES string of the molecule is CNCCCCNCc1ccc(OC)c(Cl)c1. The number of rotatable bonds is 8. The van der Waals surface area contributed by atoms with E-state index < -0.39 is 0 Å². The molecule has 0 saturated carbocycles. The Labute approximate surface area is 109 Å². The van der Waals surface area contributed by atoms with E-state index in [0.29, 0.717) is 5.02 Å². The number of hydrogen-bond donors (Lipinski definition) is 2. The minimum atomic E-state index is 0.669. The first-order valence-corrected chi connectivity index (χ1v) is 6.33. The molecule has 1 aromatic carbocycles. The summed E-state index contributed by atoms with van der Waals surface area (Å²) in [5.41, 5.74) is 1.18. The van der Waals surface area contributed by atoms with Crippen LogP contribution in [0.3, 0.4) is 0 Å². The predicted octanol–water partition coefficient (Wildman–Crippen LogP) is 2.44. The van der Waals surface area contributed by atoms with Gasteiger partial charge in [-0.2, -0.15) is 0 Å². The van der Waals surface area contributed by atoms with Crippen LogP contribution >= 0.6 is 11.6 Å². The lowest BCUT2D eigenvalue weighted by Crippen LogP contribution is -2.16. The molecule has 0 saturated heterocycles. The van der Waals surface area contributed by atoms with E-state index in [1.165, 1.54) is 18.4 Å². The summed E-state index contributed by atoms with van der Waals surface area (Å²) < 4.78 is 5.11. The summed E-state index contributed by atoms with van der Waals surface area (Å²) in [6, 6.07) is 5.88. The van der Waals surface area contributed by atoms with Crippen LogP contribution < -0.4 is 15.4 Å². The first kappa shape index (κ1) is 14.3. The zero-order valence-corrected chi connectivity index (χ0v) is 11.3. The van der Waals surface area contributed by atoms with E-state index in [2.05, 4.69) is 10.6 Å². The highest BCUT2D eigenvalue weighted by molar-refractivity contribution is 6.32. The molecule has 0 aliphatic carbocycles. The largest absolute Gasteiger partial charge is 0.495 e. The lowest BCUT2D eigenvalue weighted by atomic mass is 10.2. The van der Waals surface area contributed by atoms with Crippen molar-refractivity contribution in [3.05, 3.63) is 28.8 Å². The monoisotopic (exact) mass is 256 g/mol. The van der Waals surface area contributed by atoms with Crippen molar-refractivity contribution >= 4 is 11.6 Å². The smallest absolute Gasteiger partial charge is 0.137 e. The maximum absolute atomic E-state index is 6.05. The van der Waals surface area contributed by atoms with Crippen LogP contribution in [0.25, 0.3) is 0 Å². The van der Waals surface area contributed by atoms with Gasteiger partial charge < -0.3 is 15.4 Å². The van der Waals surface area contributed by atoms with E-state index in [4.69, 9.17) is 16.3 Å². The Morgan fingerprint density at radius 3 is 2.65 bits per heavy atom. The third-order valence-corrected chi connectivity index (χ3v) is 2.87. The molecule has 1 aromatic rings. The number of benzene rings is 1. The number of ether oxygens (including phenoxy) is 1. The maximum Gasteiger partial charge on any atom is 0.137 e. The molecule has 0 atom stereocenters. The van der Waals surface area contributed by atoms with Crippen LogP contribution in [-0.2, 0) is 6.54 Å². The highest BCUT2D eigenvalue weighted by Crippen LogP contribution is 2.24. The van der Waals surface area contributed by atoms with Crippen molar-refractivity contribution in [3.8, 4) is 5.75 Å². The molecule has 0 radical (unpaired) electrons. The second-order valence-corrected chi connectivity index (χ2v) is 4.36. The summed E-state index contributed by atoms with van der Waals surface area (Å²) in [5.74, 6) is 0.726. The molecule has 0 aliphatic rings. The van der Waals surface area contributed by atoms with Crippen LogP contribution in [0.15, 0.2) is 18.2 Å². The van der Waals surface area contributed by atoms with Crippen LogP contribution in [0.2, 0.25) is 5.02 Å². The average Bonchev–Trinajstić information content (AvgIpc) is 2.34. The van der Waals surface area contributed by atoms with Crippen molar-refractivity contribution in [2.24, 2.45) is 0 Å². The van der Waals surface area contributed by atoms with Crippen molar-refractivity contribution in [1.82, 2.24) is 10.6 Å². The molecule has 0 unspecified atom stereocenters. The molecule has 1 rings (SSSR count). The third kappa shape index (κ3) is 5.39. The van der Waals surface area contributed by atoms with Gasteiger partial charge in [-0.15, -0.1) is 0 Å². The molecule has 4 heteroatoms. The van der Waals surface area contributed by atoms with E-state index in [1.54, 1.807) is 7.11 Å². The van der Waals surface area contributed by atoms with Gasteiger partial charge in [0, 0.05) is 6.54 Å². The molecule has 17 heavy (non-hydrogen) atoms.